The summed E-state index contributed by atoms with van der Waals surface area (Å²) >= 11 is 9.26. The molecular formula is C14H9BrClNO2S. The SMILES string of the molecule is N#Cc1ccc(CS(=O)(=O)c2ccc(Br)cc2)c(Cl)c1. The van der Waals surface area contributed by atoms with Gasteiger partial charge in [0.15, 0.2) is 9.84 Å². The van der Waals surface area contributed by atoms with E-state index in [2.05, 4.69) is 15.9 Å². The van der Waals surface area contributed by atoms with Gasteiger partial charge in [0.1, 0.15) is 0 Å². The van der Waals surface area contributed by atoms with Crippen LogP contribution in [0.4, 0.5) is 0 Å². The fraction of sp³-hybridized carbons (Fsp3) is 0.0714. The van der Waals surface area contributed by atoms with Gasteiger partial charge in [-0.05, 0) is 42.0 Å². The van der Waals surface area contributed by atoms with Crippen LogP contribution >= 0.6 is 27.5 Å². The summed E-state index contributed by atoms with van der Waals surface area (Å²) in [4.78, 5) is 0.237. The molecule has 0 unspecified atom stereocenters. The van der Waals surface area contributed by atoms with Crippen molar-refractivity contribution >= 4 is 37.4 Å². The van der Waals surface area contributed by atoms with E-state index in [1.165, 1.54) is 18.2 Å². The van der Waals surface area contributed by atoms with Crippen molar-refractivity contribution in [1.29, 1.82) is 5.26 Å². The highest BCUT2D eigenvalue weighted by molar-refractivity contribution is 9.10. The van der Waals surface area contributed by atoms with Gasteiger partial charge < -0.3 is 0 Å². The van der Waals surface area contributed by atoms with Crippen molar-refractivity contribution in [1.82, 2.24) is 0 Å². The van der Waals surface area contributed by atoms with Gasteiger partial charge >= 0.3 is 0 Å². The van der Waals surface area contributed by atoms with Crippen molar-refractivity contribution < 1.29 is 8.42 Å². The minimum absolute atomic E-state index is 0.195. The fourth-order valence-corrected chi connectivity index (χ4v) is 3.63. The third-order valence-electron chi connectivity index (χ3n) is 2.70. The van der Waals surface area contributed by atoms with Crippen LogP contribution in [0.5, 0.6) is 0 Å². The summed E-state index contributed by atoms with van der Waals surface area (Å²) in [7, 11) is -3.46. The molecule has 0 aliphatic heterocycles. The molecule has 0 N–H and O–H groups in total. The fourth-order valence-electron chi connectivity index (χ4n) is 1.66. The Hall–Kier alpha value is -1.35. The van der Waals surface area contributed by atoms with Crippen molar-refractivity contribution in [3.05, 3.63) is 63.1 Å². The van der Waals surface area contributed by atoms with Gasteiger partial charge in [-0.3, -0.25) is 0 Å². The summed E-state index contributed by atoms with van der Waals surface area (Å²) in [5.41, 5.74) is 0.883. The third-order valence-corrected chi connectivity index (χ3v) is 5.26. The molecule has 102 valence electrons. The number of nitrogens with zero attached hydrogens (tertiary/aromatic N) is 1. The molecule has 0 spiro atoms. The average molecular weight is 371 g/mol. The first-order valence-electron chi connectivity index (χ1n) is 5.59. The van der Waals surface area contributed by atoms with Crippen LogP contribution in [0.1, 0.15) is 11.1 Å². The van der Waals surface area contributed by atoms with Crippen molar-refractivity contribution in [2.45, 2.75) is 10.6 Å². The summed E-state index contributed by atoms with van der Waals surface area (Å²) in [5.74, 6) is -0.195. The van der Waals surface area contributed by atoms with Gasteiger partial charge in [0.05, 0.1) is 22.3 Å². The van der Waals surface area contributed by atoms with Crippen LogP contribution < -0.4 is 0 Å². The molecule has 0 aromatic heterocycles. The zero-order valence-electron chi connectivity index (χ0n) is 10.2. The van der Waals surface area contributed by atoms with Crippen molar-refractivity contribution in [3.63, 3.8) is 0 Å². The Morgan fingerprint density at radius 1 is 1.15 bits per heavy atom. The second kappa shape index (κ2) is 5.96. The van der Waals surface area contributed by atoms with E-state index in [4.69, 9.17) is 16.9 Å². The largest absolute Gasteiger partial charge is 0.223 e. The van der Waals surface area contributed by atoms with E-state index in [0.29, 0.717) is 11.1 Å². The zero-order chi connectivity index (χ0) is 14.8. The maximum atomic E-state index is 12.3. The van der Waals surface area contributed by atoms with Crippen molar-refractivity contribution in [3.8, 4) is 6.07 Å². The highest BCUT2D eigenvalue weighted by atomic mass is 79.9. The molecule has 20 heavy (non-hydrogen) atoms. The van der Waals surface area contributed by atoms with Gasteiger partial charge in [-0.15, -0.1) is 0 Å². The molecule has 6 heteroatoms. The molecule has 0 radical (unpaired) electrons. The van der Waals surface area contributed by atoms with E-state index in [-0.39, 0.29) is 15.7 Å². The Morgan fingerprint density at radius 3 is 2.35 bits per heavy atom. The Labute approximate surface area is 130 Å². The number of halogens is 2. The monoisotopic (exact) mass is 369 g/mol. The van der Waals surface area contributed by atoms with Crippen LogP contribution in [-0.4, -0.2) is 8.42 Å². The van der Waals surface area contributed by atoms with E-state index < -0.39 is 9.84 Å². The Balaban J connectivity index is 2.34. The van der Waals surface area contributed by atoms with Crippen LogP contribution in [0.25, 0.3) is 0 Å². The second-order valence-electron chi connectivity index (χ2n) is 4.13. The van der Waals surface area contributed by atoms with Gasteiger partial charge in [0, 0.05) is 9.50 Å². The highest BCUT2D eigenvalue weighted by Crippen LogP contribution is 2.24. The molecule has 3 nitrogen and oxygen atoms in total. The maximum Gasteiger partial charge on any atom is 0.182 e. The molecular weight excluding hydrogens is 362 g/mol. The number of rotatable bonds is 3. The van der Waals surface area contributed by atoms with E-state index in [0.717, 1.165) is 4.47 Å². The molecule has 0 saturated heterocycles. The lowest BCUT2D eigenvalue weighted by molar-refractivity contribution is 0.595. The van der Waals surface area contributed by atoms with Gasteiger partial charge in [0.25, 0.3) is 0 Å². The molecule has 2 aromatic carbocycles. The molecule has 2 aromatic rings. The van der Waals surface area contributed by atoms with Crippen LogP contribution in [0, 0.1) is 11.3 Å². The molecule has 0 atom stereocenters. The van der Waals surface area contributed by atoms with Crippen molar-refractivity contribution in [2.24, 2.45) is 0 Å². The Kier molecular flexibility index (Phi) is 4.48. The van der Waals surface area contributed by atoms with E-state index >= 15 is 0 Å². The smallest absolute Gasteiger partial charge is 0.182 e. The maximum absolute atomic E-state index is 12.3. The molecule has 0 amide bonds. The molecule has 0 saturated carbocycles. The first kappa shape index (κ1) is 15.0. The Morgan fingerprint density at radius 2 is 1.80 bits per heavy atom. The number of sulfone groups is 1. The molecule has 0 bridgehead atoms. The average Bonchev–Trinajstić information content (AvgIpc) is 2.41. The first-order valence-corrected chi connectivity index (χ1v) is 8.41. The topological polar surface area (TPSA) is 57.9 Å². The predicted molar refractivity (Wildman–Crippen MR) is 81.2 cm³/mol. The van der Waals surface area contributed by atoms with E-state index in [1.54, 1.807) is 24.3 Å². The van der Waals surface area contributed by atoms with Gasteiger partial charge in [-0.2, -0.15) is 5.26 Å². The van der Waals surface area contributed by atoms with Gasteiger partial charge in [0.2, 0.25) is 0 Å². The number of hydrogen-bond acceptors (Lipinski definition) is 3. The summed E-state index contributed by atoms with van der Waals surface area (Å²) in [6.45, 7) is 0. The molecule has 0 heterocycles. The summed E-state index contributed by atoms with van der Waals surface area (Å²) in [6, 6.07) is 13.0. The van der Waals surface area contributed by atoms with Crippen molar-refractivity contribution in [2.75, 3.05) is 0 Å². The highest BCUT2D eigenvalue weighted by Gasteiger charge is 2.17. The van der Waals surface area contributed by atoms with Crippen LogP contribution in [0.2, 0.25) is 5.02 Å². The normalized spacial score (nSPS) is 11.1. The van der Waals surface area contributed by atoms with Crippen LogP contribution in [0.3, 0.4) is 0 Å². The van der Waals surface area contributed by atoms with Gasteiger partial charge in [-0.25, -0.2) is 8.42 Å². The number of hydrogen-bond donors (Lipinski definition) is 0. The van der Waals surface area contributed by atoms with E-state index in [1.807, 2.05) is 6.07 Å². The lowest BCUT2D eigenvalue weighted by atomic mass is 10.2. The molecule has 0 fully saturated rings. The first-order chi connectivity index (χ1) is 9.42. The lowest BCUT2D eigenvalue weighted by Crippen LogP contribution is -2.05. The second-order valence-corrected chi connectivity index (χ2v) is 7.44. The number of benzene rings is 2. The third kappa shape index (κ3) is 3.40. The lowest BCUT2D eigenvalue weighted by Gasteiger charge is -2.07. The minimum atomic E-state index is -3.46. The van der Waals surface area contributed by atoms with E-state index in [9.17, 15) is 8.42 Å². The standard InChI is InChI=1S/C14H9BrClNO2S/c15-12-3-5-13(6-4-12)20(18,19)9-11-2-1-10(8-17)7-14(11)16/h1-7H,9H2. The summed E-state index contributed by atoms with van der Waals surface area (Å²) in [5, 5.41) is 9.04. The van der Waals surface area contributed by atoms with Crippen LogP contribution in [0.15, 0.2) is 51.8 Å². The molecule has 0 aliphatic rings. The van der Waals surface area contributed by atoms with Crippen LogP contribution in [-0.2, 0) is 15.6 Å². The zero-order valence-corrected chi connectivity index (χ0v) is 13.3. The minimum Gasteiger partial charge on any atom is -0.223 e. The quantitative estimate of drug-likeness (QED) is 0.822. The Bertz CT molecular complexity index is 780. The van der Waals surface area contributed by atoms with Gasteiger partial charge in [-0.1, -0.05) is 33.6 Å². The molecule has 2 rings (SSSR count). The molecule has 0 aliphatic carbocycles. The number of nitriles is 1. The predicted octanol–water partition coefficient (Wildman–Crippen LogP) is 3.95. The summed E-state index contributed by atoms with van der Waals surface area (Å²) in [6.07, 6.45) is 0. The summed E-state index contributed by atoms with van der Waals surface area (Å²) < 4.78 is 25.4.